The molecule has 0 aliphatic rings. The molecule has 1 rings (SSSR count). The molecule has 0 aromatic heterocycles. The average Bonchev–Trinajstić information content (AvgIpc) is 2.29. The van der Waals surface area contributed by atoms with Crippen molar-refractivity contribution < 1.29 is 19.6 Å². The number of rotatable bonds is 4. The fourth-order valence-corrected chi connectivity index (χ4v) is 1.46. The lowest BCUT2D eigenvalue weighted by molar-refractivity contribution is -0.385. The van der Waals surface area contributed by atoms with Gasteiger partial charge in [0.2, 0.25) is 0 Å². The van der Waals surface area contributed by atoms with Gasteiger partial charge in [-0.05, 0) is 13.0 Å². The zero-order valence-electron chi connectivity index (χ0n) is 9.54. The molecule has 1 aromatic carbocycles. The molecule has 0 spiro atoms. The summed E-state index contributed by atoms with van der Waals surface area (Å²) in [6.45, 7) is 1.73. The molecule has 0 saturated carbocycles. The van der Waals surface area contributed by atoms with Crippen LogP contribution in [0.1, 0.15) is 18.1 Å². The molecule has 18 heavy (non-hydrogen) atoms. The van der Waals surface area contributed by atoms with Crippen LogP contribution in [0.5, 0.6) is 5.75 Å². The number of nitriles is 1. The van der Waals surface area contributed by atoms with Gasteiger partial charge in [-0.3, -0.25) is 14.9 Å². The summed E-state index contributed by atoms with van der Waals surface area (Å²) in [6.07, 6.45) is -0.429. The monoisotopic (exact) mass is 250 g/mol. The summed E-state index contributed by atoms with van der Waals surface area (Å²) >= 11 is 0. The Hall–Kier alpha value is -2.62. The maximum atomic E-state index is 11.3. The van der Waals surface area contributed by atoms with Gasteiger partial charge in [0.1, 0.15) is 17.4 Å². The quantitative estimate of drug-likeness (QED) is 0.489. The van der Waals surface area contributed by atoms with Gasteiger partial charge < -0.3 is 9.84 Å². The molecule has 7 nitrogen and oxygen atoms in total. The number of aromatic hydroxyl groups is 1. The van der Waals surface area contributed by atoms with Crippen molar-refractivity contribution in [3.63, 3.8) is 0 Å². The number of benzene rings is 1. The van der Waals surface area contributed by atoms with E-state index in [4.69, 9.17) is 5.26 Å². The summed E-state index contributed by atoms with van der Waals surface area (Å²) in [4.78, 5) is 21.4. The summed E-state index contributed by atoms with van der Waals surface area (Å²) in [7, 11) is 0. The Kier molecular flexibility index (Phi) is 4.21. The van der Waals surface area contributed by atoms with Crippen LogP contribution in [0.3, 0.4) is 0 Å². The van der Waals surface area contributed by atoms with Crippen LogP contribution in [0.15, 0.2) is 12.1 Å². The van der Waals surface area contributed by atoms with Crippen LogP contribution in [0, 0.1) is 21.4 Å². The maximum Gasteiger partial charge on any atom is 0.310 e. The van der Waals surface area contributed by atoms with Crippen molar-refractivity contribution in [1.29, 1.82) is 5.26 Å². The maximum absolute atomic E-state index is 11.3. The smallest absolute Gasteiger partial charge is 0.310 e. The molecule has 0 aliphatic carbocycles. The molecule has 0 heterocycles. The van der Waals surface area contributed by atoms with Crippen LogP contribution >= 0.6 is 0 Å². The standard InChI is InChI=1S/C11H10N2O5/c1-2-18-11(15)5-7-8(6-12)10(14)4-3-9(7)13(16)17/h3-4,14H,2,5H2,1H3. The number of carbonyl (C=O) groups is 1. The fourth-order valence-electron chi connectivity index (χ4n) is 1.46. The summed E-state index contributed by atoms with van der Waals surface area (Å²) in [5.74, 6) is -1.09. The highest BCUT2D eigenvalue weighted by Crippen LogP contribution is 2.29. The van der Waals surface area contributed by atoms with Gasteiger partial charge >= 0.3 is 5.97 Å². The third-order valence-corrected chi connectivity index (χ3v) is 2.20. The Bertz CT molecular complexity index is 533. The highest BCUT2D eigenvalue weighted by molar-refractivity contribution is 5.76. The lowest BCUT2D eigenvalue weighted by Gasteiger charge is -2.06. The molecule has 0 amide bonds. The zero-order chi connectivity index (χ0) is 13.7. The van der Waals surface area contributed by atoms with Gasteiger partial charge in [-0.25, -0.2) is 0 Å². The lowest BCUT2D eigenvalue weighted by atomic mass is 10.0. The molecule has 0 unspecified atom stereocenters. The number of nitro groups is 1. The minimum atomic E-state index is -0.713. The van der Waals surface area contributed by atoms with Crippen molar-refractivity contribution >= 4 is 11.7 Å². The molecular weight excluding hydrogens is 240 g/mol. The number of esters is 1. The minimum absolute atomic E-state index is 0.132. The van der Waals surface area contributed by atoms with Crippen LogP contribution in [0.2, 0.25) is 0 Å². The van der Waals surface area contributed by atoms with E-state index in [1.807, 2.05) is 0 Å². The van der Waals surface area contributed by atoms with E-state index in [1.54, 1.807) is 13.0 Å². The molecule has 7 heteroatoms. The topological polar surface area (TPSA) is 113 Å². The Morgan fingerprint density at radius 2 is 2.28 bits per heavy atom. The van der Waals surface area contributed by atoms with E-state index in [2.05, 4.69) is 4.74 Å². The Morgan fingerprint density at radius 1 is 1.61 bits per heavy atom. The summed E-state index contributed by atoms with van der Waals surface area (Å²) in [5.41, 5.74) is -0.810. The second-order valence-corrected chi connectivity index (χ2v) is 3.31. The van der Waals surface area contributed by atoms with Gasteiger partial charge in [-0.2, -0.15) is 5.26 Å². The molecule has 0 fully saturated rings. The lowest BCUT2D eigenvalue weighted by Crippen LogP contribution is -2.10. The van der Waals surface area contributed by atoms with Crippen LogP contribution in [-0.4, -0.2) is 22.6 Å². The molecular formula is C11H10N2O5. The Labute approximate surface area is 102 Å². The molecule has 0 aliphatic heterocycles. The first-order valence-corrected chi connectivity index (χ1v) is 5.06. The molecule has 1 aromatic rings. The summed E-state index contributed by atoms with van der Waals surface area (Å²) in [6, 6.07) is 3.74. The van der Waals surface area contributed by atoms with E-state index in [-0.39, 0.29) is 17.7 Å². The Morgan fingerprint density at radius 3 is 2.78 bits per heavy atom. The van der Waals surface area contributed by atoms with Crippen LogP contribution in [-0.2, 0) is 16.0 Å². The first-order valence-electron chi connectivity index (χ1n) is 5.06. The molecule has 0 saturated heterocycles. The third-order valence-electron chi connectivity index (χ3n) is 2.20. The van der Waals surface area contributed by atoms with E-state index in [1.165, 1.54) is 0 Å². The number of phenols is 1. The van der Waals surface area contributed by atoms with Crippen molar-refractivity contribution in [1.82, 2.24) is 0 Å². The van der Waals surface area contributed by atoms with Gasteiger partial charge in [0.15, 0.2) is 0 Å². The molecule has 0 bridgehead atoms. The normalized spacial score (nSPS) is 9.56. The van der Waals surface area contributed by atoms with Gasteiger partial charge in [-0.1, -0.05) is 0 Å². The second kappa shape index (κ2) is 5.63. The predicted molar refractivity (Wildman–Crippen MR) is 59.8 cm³/mol. The van der Waals surface area contributed by atoms with Gasteiger partial charge in [0, 0.05) is 6.07 Å². The number of carbonyl (C=O) groups excluding carboxylic acids is 1. The number of nitrogens with zero attached hydrogens (tertiary/aromatic N) is 2. The SMILES string of the molecule is CCOC(=O)Cc1c([N+](=O)[O-])ccc(O)c1C#N. The van der Waals surface area contributed by atoms with Crippen LogP contribution in [0.4, 0.5) is 5.69 Å². The van der Waals surface area contributed by atoms with Crippen molar-refractivity contribution in [3.8, 4) is 11.8 Å². The number of hydrogen-bond acceptors (Lipinski definition) is 6. The minimum Gasteiger partial charge on any atom is -0.507 e. The molecule has 0 atom stereocenters. The van der Waals surface area contributed by atoms with Crippen LogP contribution < -0.4 is 0 Å². The van der Waals surface area contributed by atoms with E-state index >= 15 is 0 Å². The molecule has 94 valence electrons. The summed E-state index contributed by atoms with van der Waals surface area (Å²) < 4.78 is 4.67. The highest BCUT2D eigenvalue weighted by Gasteiger charge is 2.23. The van der Waals surface area contributed by atoms with Gasteiger partial charge in [0.05, 0.1) is 23.5 Å². The van der Waals surface area contributed by atoms with E-state index in [9.17, 15) is 20.0 Å². The zero-order valence-corrected chi connectivity index (χ0v) is 9.54. The summed E-state index contributed by atoms with van der Waals surface area (Å²) in [5, 5.41) is 29.1. The number of nitro benzene ring substituents is 1. The first-order chi connectivity index (χ1) is 8.51. The van der Waals surface area contributed by atoms with Crippen molar-refractivity contribution in [3.05, 3.63) is 33.4 Å². The van der Waals surface area contributed by atoms with Gasteiger partial charge in [-0.15, -0.1) is 0 Å². The number of hydrogen-bond donors (Lipinski definition) is 1. The van der Waals surface area contributed by atoms with Crippen LogP contribution in [0.25, 0.3) is 0 Å². The van der Waals surface area contributed by atoms with Crippen molar-refractivity contribution in [2.45, 2.75) is 13.3 Å². The molecule has 1 N–H and O–H groups in total. The van der Waals surface area contributed by atoms with E-state index in [0.717, 1.165) is 12.1 Å². The number of phenolic OH excluding ortho intramolecular Hbond substituents is 1. The molecule has 0 radical (unpaired) electrons. The highest BCUT2D eigenvalue weighted by atomic mass is 16.6. The predicted octanol–water partition coefficient (Wildman–Crippen LogP) is 1.28. The fraction of sp³-hybridized carbons (Fsp3) is 0.273. The average molecular weight is 250 g/mol. The largest absolute Gasteiger partial charge is 0.507 e. The Balaban J connectivity index is 3.29. The van der Waals surface area contributed by atoms with E-state index in [0.29, 0.717) is 0 Å². The third kappa shape index (κ3) is 2.74. The second-order valence-electron chi connectivity index (χ2n) is 3.31. The van der Waals surface area contributed by atoms with E-state index < -0.39 is 28.8 Å². The first kappa shape index (κ1) is 13.4. The van der Waals surface area contributed by atoms with Crippen molar-refractivity contribution in [2.75, 3.05) is 6.61 Å². The number of ether oxygens (including phenoxy) is 1. The van der Waals surface area contributed by atoms with Crippen molar-refractivity contribution in [2.24, 2.45) is 0 Å². The van der Waals surface area contributed by atoms with Gasteiger partial charge in [0.25, 0.3) is 5.69 Å².